The van der Waals surface area contributed by atoms with E-state index in [2.05, 4.69) is 24.8 Å². The Morgan fingerprint density at radius 3 is 2.64 bits per heavy atom. The van der Waals surface area contributed by atoms with Crippen molar-refractivity contribution >= 4 is 29.1 Å². The second kappa shape index (κ2) is 11.8. The maximum absolute atomic E-state index is 14.0. The fraction of sp³-hybridized carbons (Fsp3) is 0.500. The van der Waals surface area contributed by atoms with Gasteiger partial charge in [0.2, 0.25) is 11.8 Å². The minimum Gasteiger partial charge on any atom is -0.480 e. The second-order valence-electron chi connectivity index (χ2n) is 11.7. The van der Waals surface area contributed by atoms with Gasteiger partial charge in [0, 0.05) is 31.3 Å². The topological polar surface area (TPSA) is 132 Å². The van der Waals surface area contributed by atoms with Crippen molar-refractivity contribution in [2.45, 2.75) is 62.5 Å². The molecule has 0 bridgehead atoms. The Bertz CT molecular complexity index is 1590. The zero-order valence-corrected chi connectivity index (χ0v) is 25.1. The molecule has 3 aromatic heterocycles. The number of ether oxygens (including phenoxy) is 4. The summed E-state index contributed by atoms with van der Waals surface area (Å²) in [5.41, 5.74) is 0.643. The first-order chi connectivity index (χ1) is 21.7. The lowest BCUT2D eigenvalue weighted by Gasteiger charge is -2.53. The van der Waals surface area contributed by atoms with Gasteiger partial charge in [-0.05, 0) is 31.9 Å². The third-order valence-electron chi connectivity index (χ3n) is 8.59. The Hall–Kier alpha value is -3.88. The van der Waals surface area contributed by atoms with Crippen LogP contribution in [0.25, 0.3) is 11.4 Å². The van der Waals surface area contributed by atoms with Crippen LogP contribution in [-0.4, -0.2) is 93.8 Å². The lowest BCUT2D eigenvalue weighted by atomic mass is 9.90. The molecule has 6 heterocycles. The quantitative estimate of drug-likeness (QED) is 0.359. The molecular weight excluding hydrogens is 614 g/mol. The predicted molar refractivity (Wildman–Crippen MR) is 157 cm³/mol. The highest BCUT2D eigenvalue weighted by Gasteiger charge is 2.50. The van der Waals surface area contributed by atoms with Crippen LogP contribution in [-0.2, 0) is 14.3 Å². The predicted octanol–water partition coefficient (Wildman–Crippen LogP) is 4.17. The molecular formula is C30H31ClF2N6O6. The van der Waals surface area contributed by atoms with Gasteiger partial charge < -0.3 is 33.9 Å². The lowest BCUT2D eigenvalue weighted by Crippen LogP contribution is -2.68. The molecule has 4 fully saturated rings. The number of hydrogen-bond acceptors (Lipinski definition) is 11. The zero-order chi connectivity index (χ0) is 31.3. The molecule has 3 aromatic rings. The van der Waals surface area contributed by atoms with Gasteiger partial charge in [0.1, 0.15) is 35.4 Å². The molecule has 3 aliphatic heterocycles. The van der Waals surface area contributed by atoms with E-state index in [1.807, 2.05) is 6.92 Å². The van der Waals surface area contributed by atoms with E-state index < -0.39 is 36.0 Å². The van der Waals surface area contributed by atoms with Gasteiger partial charge in [0.05, 0.1) is 48.8 Å². The van der Waals surface area contributed by atoms with Crippen LogP contribution in [0, 0.1) is 0 Å². The summed E-state index contributed by atoms with van der Waals surface area (Å²) in [6.45, 7) is 4.08. The van der Waals surface area contributed by atoms with E-state index in [1.165, 1.54) is 17.2 Å². The van der Waals surface area contributed by atoms with Gasteiger partial charge in [-0.3, -0.25) is 0 Å². The Labute approximate surface area is 262 Å². The summed E-state index contributed by atoms with van der Waals surface area (Å²) < 4.78 is 51.6. The maximum Gasteiger partial charge on any atom is 0.326 e. The average molecular weight is 645 g/mol. The molecule has 1 saturated carbocycles. The number of carboxylic acid groups (broad SMARTS) is 1. The Kier molecular flexibility index (Phi) is 7.82. The first-order valence-corrected chi connectivity index (χ1v) is 15.2. The highest BCUT2D eigenvalue weighted by atomic mass is 35.5. The molecule has 45 heavy (non-hydrogen) atoms. The number of pyridine rings is 2. The lowest BCUT2D eigenvalue weighted by molar-refractivity contribution is -0.228. The molecule has 15 heteroatoms. The Morgan fingerprint density at radius 1 is 1.11 bits per heavy atom. The molecule has 0 radical (unpaired) electrons. The molecule has 1 N–H and O–H groups in total. The van der Waals surface area contributed by atoms with Gasteiger partial charge in [0.15, 0.2) is 5.82 Å². The standard InChI is InChI=1S/C30H31ClF2N6O6/c1-16-30(14-42-15-30)43-8-7-38(16)22-9-17(31)12-34-28(22)45-19-10-23(29(40)41)39(13-19)24-11-21(36-27(37-24)26(32)33)20-3-2-4-25(35-20)44-18-5-6-18/h2-4,9,11-12,16,18-19,23,26H,5-8,10,13-15H2,1H3,(H,40,41)/t16-,19-,23-/m0/s1. The normalized spacial score (nSPS) is 24.2. The molecule has 12 nitrogen and oxygen atoms in total. The first-order valence-electron chi connectivity index (χ1n) is 14.8. The van der Waals surface area contributed by atoms with Crippen LogP contribution in [0.1, 0.15) is 38.4 Å². The number of alkyl halides is 2. The maximum atomic E-state index is 14.0. The summed E-state index contributed by atoms with van der Waals surface area (Å²) in [4.78, 5) is 33.0. The molecule has 3 saturated heterocycles. The number of aromatic nitrogens is 4. The van der Waals surface area contributed by atoms with Gasteiger partial charge in [-0.2, -0.15) is 0 Å². The van der Waals surface area contributed by atoms with Gasteiger partial charge in [-0.25, -0.2) is 33.5 Å². The zero-order valence-electron chi connectivity index (χ0n) is 24.3. The molecule has 0 amide bonds. The average Bonchev–Trinajstić information content (AvgIpc) is 3.72. The van der Waals surface area contributed by atoms with E-state index in [9.17, 15) is 18.7 Å². The number of morpholine rings is 1. The molecule has 0 unspecified atom stereocenters. The van der Waals surface area contributed by atoms with E-state index in [0.29, 0.717) is 48.6 Å². The molecule has 1 aliphatic carbocycles. The number of halogens is 3. The van der Waals surface area contributed by atoms with Crippen LogP contribution in [0.2, 0.25) is 5.02 Å². The summed E-state index contributed by atoms with van der Waals surface area (Å²) in [7, 11) is 0. The van der Waals surface area contributed by atoms with Crippen molar-refractivity contribution in [2.75, 3.05) is 42.7 Å². The molecule has 7 rings (SSSR count). The minimum atomic E-state index is -2.99. The number of rotatable bonds is 9. The van der Waals surface area contributed by atoms with E-state index in [1.54, 1.807) is 24.3 Å². The molecule has 1 spiro atoms. The smallest absolute Gasteiger partial charge is 0.326 e. The van der Waals surface area contributed by atoms with Crippen molar-refractivity contribution in [3.8, 4) is 23.1 Å². The van der Waals surface area contributed by atoms with Crippen molar-refractivity contribution in [3.05, 3.63) is 47.4 Å². The number of carboxylic acids is 1. The van der Waals surface area contributed by atoms with Crippen molar-refractivity contribution in [1.82, 2.24) is 19.9 Å². The number of hydrogen-bond donors (Lipinski definition) is 1. The molecule has 4 aliphatic rings. The SMILES string of the molecule is C[C@@H]1N(c2cc(Cl)cnc2O[C@H]2C[C@@H](C(=O)O)N(c3cc(-c4cccc(OC5CC5)n4)nc(C(F)F)n3)C2)CCOC12COC2. The highest BCUT2D eigenvalue weighted by molar-refractivity contribution is 6.30. The van der Waals surface area contributed by atoms with Gasteiger partial charge in [-0.1, -0.05) is 17.7 Å². The summed E-state index contributed by atoms with van der Waals surface area (Å²) in [5.74, 6) is -1.20. The van der Waals surface area contributed by atoms with Crippen molar-refractivity contribution < 1.29 is 37.6 Å². The van der Waals surface area contributed by atoms with E-state index >= 15 is 0 Å². The molecule has 238 valence electrons. The number of carbonyl (C=O) groups is 1. The van der Waals surface area contributed by atoms with Crippen LogP contribution in [0.4, 0.5) is 20.3 Å². The monoisotopic (exact) mass is 644 g/mol. The molecule has 3 atom stereocenters. The van der Waals surface area contributed by atoms with Crippen molar-refractivity contribution in [1.29, 1.82) is 0 Å². The van der Waals surface area contributed by atoms with Crippen LogP contribution >= 0.6 is 11.6 Å². The minimum absolute atomic E-state index is 0.0297. The molecule has 0 aromatic carbocycles. The van der Waals surface area contributed by atoms with E-state index in [4.69, 9.17) is 30.5 Å². The number of aliphatic carboxylic acids is 1. The second-order valence-corrected chi connectivity index (χ2v) is 12.1. The van der Waals surface area contributed by atoms with E-state index in [0.717, 1.165) is 12.8 Å². The van der Waals surface area contributed by atoms with Crippen LogP contribution < -0.4 is 19.3 Å². The first kappa shape index (κ1) is 29.8. The fourth-order valence-electron chi connectivity index (χ4n) is 5.95. The number of nitrogens with zero attached hydrogens (tertiary/aromatic N) is 6. The fourth-order valence-corrected chi connectivity index (χ4v) is 6.10. The van der Waals surface area contributed by atoms with Crippen LogP contribution in [0.3, 0.4) is 0 Å². The third-order valence-corrected chi connectivity index (χ3v) is 8.80. The third kappa shape index (κ3) is 5.93. The van der Waals surface area contributed by atoms with Crippen LogP contribution in [0.15, 0.2) is 36.5 Å². The Balaban J connectivity index is 1.17. The van der Waals surface area contributed by atoms with Gasteiger partial charge in [-0.15, -0.1) is 0 Å². The van der Waals surface area contributed by atoms with Crippen molar-refractivity contribution in [2.24, 2.45) is 0 Å². The Morgan fingerprint density at radius 2 is 1.93 bits per heavy atom. The summed E-state index contributed by atoms with van der Waals surface area (Å²) in [5, 5.41) is 10.6. The number of anilines is 2. The largest absolute Gasteiger partial charge is 0.480 e. The van der Waals surface area contributed by atoms with Gasteiger partial charge in [0.25, 0.3) is 6.43 Å². The summed E-state index contributed by atoms with van der Waals surface area (Å²) in [6.07, 6.45) is -0.162. The van der Waals surface area contributed by atoms with E-state index in [-0.39, 0.29) is 42.5 Å². The highest BCUT2D eigenvalue weighted by Crippen LogP contribution is 2.40. The summed E-state index contributed by atoms with van der Waals surface area (Å²) in [6, 6.07) is 7.09. The van der Waals surface area contributed by atoms with Crippen LogP contribution in [0.5, 0.6) is 11.8 Å². The summed E-state index contributed by atoms with van der Waals surface area (Å²) >= 11 is 6.36. The van der Waals surface area contributed by atoms with Crippen molar-refractivity contribution in [3.63, 3.8) is 0 Å². The van der Waals surface area contributed by atoms with Gasteiger partial charge >= 0.3 is 5.97 Å².